The van der Waals surface area contributed by atoms with E-state index in [0.29, 0.717) is 43.8 Å². The maximum Gasteiger partial charge on any atom is 0.254 e. The lowest BCUT2D eigenvalue weighted by molar-refractivity contribution is -0.132. The first kappa shape index (κ1) is 18.9. The molecule has 1 aromatic carbocycles. The molecular weight excluding hydrogens is 320 g/mol. The number of piperazine rings is 1. The Kier molecular flexibility index (Phi) is 7.38. The molecule has 1 heterocycles. The highest BCUT2D eigenvalue weighted by Crippen LogP contribution is 2.09. The summed E-state index contributed by atoms with van der Waals surface area (Å²) in [7, 11) is 1.61. The summed E-state index contributed by atoms with van der Waals surface area (Å²) in [6, 6.07) is 8.50. The zero-order valence-electron chi connectivity index (χ0n) is 14.5. The molecule has 0 saturated carbocycles. The van der Waals surface area contributed by atoms with E-state index in [0.717, 1.165) is 13.1 Å². The average Bonchev–Trinajstić information content (AvgIpc) is 2.67. The van der Waals surface area contributed by atoms with Crippen molar-refractivity contribution in [1.29, 1.82) is 5.26 Å². The number of ether oxygens (including phenoxy) is 1. The van der Waals surface area contributed by atoms with Crippen molar-refractivity contribution in [3.8, 4) is 6.07 Å². The van der Waals surface area contributed by atoms with Crippen molar-refractivity contribution in [1.82, 2.24) is 15.1 Å². The highest BCUT2D eigenvalue weighted by molar-refractivity contribution is 5.96. The molecule has 0 spiro atoms. The minimum absolute atomic E-state index is 0.0408. The standard InChI is InChI=1S/C18H24N4O3/c1-25-12-2-9-22(14-17(23)21-10-7-20-8-11-21)18(24)16-5-3-15(13-19)4-6-16/h3-6,20H,2,7-12,14H2,1H3. The van der Waals surface area contributed by atoms with Crippen molar-refractivity contribution in [2.45, 2.75) is 6.42 Å². The fourth-order valence-corrected chi connectivity index (χ4v) is 2.70. The summed E-state index contributed by atoms with van der Waals surface area (Å²) in [5, 5.41) is 12.1. The van der Waals surface area contributed by atoms with Gasteiger partial charge in [0.25, 0.3) is 5.91 Å². The highest BCUT2D eigenvalue weighted by Gasteiger charge is 2.23. The van der Waals surface area contributed by atoms with Crippen LogP contribution in [-0.4, -0.2) is 74.6 Å². The second kappa shape index (κ2) is 9.77. The number of methoxy groups -OCH3 is 1. The van der Waals surface area contributed by atoms with E-state index in [1.807, 2.05) is 6.07 Å². The van der Waals surface area contributed by atoms with Gasteiger partial charge in [0.05, 0.1) is 11.6 Å². The molecule has 7 nitrogen and oxygen atoms in total. The molecule has 1 saturated heterocycles. The normalized spacial score (nSPS) is 14.0. The van der Waals surface area contributed by atoms with Gasteiger partial charge in [0.15, 0.2) is 0 Å². The van der Waals surface area contributed by atoms with Crippen LogP contribution >= 0.6 is 0 Å². The number of amides is 2. The topological polar surface area (TPSA) is 85.7 Å². The molecular formula is C18H24N4O3. The Morgan fingerprint density at radius 3 is 2.56 bits per heavy atom. The van der Waals surface area contributed by atoms with Gasteiger partial charge in [0.1, 0.15) is 6.54 Å². The number of nitrogens with one attached hydrogen (secondary N) is 1. The summed E-state index contributed by atoms with van der Waals surface area (Å²) in [6.45, 7) is 3.91. The third-order valence-corrected chi connectivity index (χ3v) is 4.12. The van der Waals surface area contributed by atoms with Crippen LogP contribution in [0.2, 0.25) is 0 Å². The van der Waals surface area contributed by atoms with Crippen molar-refractivity contribution in [3.05, 3.63) is 35.4 Å². The van der Waals surface area contributed by atoms with E-state index in [4.69, 9.17) is 10.00 Å². The number of hydrogen-bond donors (Lipinski definition) is 1. The van der Waals surface area contributed by atoms with Crippen molar-refractivity contribution >= 4 is 11.8 Å². The van der Waals surface area contributed by atoms with E-state index < -0.39 is 0 Å². The Hall–Kier alpha value is -2.43. The van der Waals surface area contributed by atoms with E-state index in [1.165, 1.54) is 0 Å². The van der Waals surface area contributed by atoms with Crippen LogP contribution in [0.4, 0.5) is 0 Å². The summed E-state index contributed by atoms with van der Waals surface area (Å²) in [5.41, 5.74) is 0.976. The largest absolute Gasteiger partial charge is 0.385 e. The van der Waals surface area contributed by atoms with Crippen LogP contribution in [0.25, 0.3) is 0 Å². The van der Waals surface area contributed by atoms with Crippen LogP contribution in [-0.2, 0) is 9.53 Å². The Labute approximate surface area is 148 Å². The predicted molar refractivity (Wildman–Crippen MR) is 93.0 cm³/mol. The molecule has 1 aliphatic rings. The van der Waals surface area contributed by atoms with Crippen LogP contribution < -0.4 is 5.32 Å². The first-order chi connectivity index (χ1) is 12.2. The van der Waals surface area contributed by atoms with E-state index in [1.54, 1.807) is 41.2 Å². The number of nitrogens with zero attached hydrogens (tertiary/aromatic N) is 3. The Morgan fingerprint density at radius 1 is 1.28 bits per heavy atom. The molecule has 2 amide bonds. The molecule has 25 heavy (non-hydrogen) atoms. The minimum Gasteiger partial charge on any atom is -0.385 e. The lowest BCUT2D eigenvalue weighted by Gasteiger charge is -2.30. The molecule has 0 aromatic heterocycles. The van der Waals surface area contributed by atoms with Gasteiger partial charge < -0.3 is 19.9 Å². The number of benzene rings is 1. The van der Waals surface area contributed by atoms with Gasteiger partial charge in [0.2, 0.25) is 5.91 Å². The van der Waals surface area contributed by atoms with Crippen molar-refractivity contribution in [3.63, 3.8) is 0 Å². The summed E-state index contributed by atoms with van der Waals surface area (Å²) in [6.07, 6.45) is 0.660. The molecule has 1 fully saturated rings. The monoisotopic (exact) mass is 344 g/mol. The van der Waals surface area contributed by atoms with Crippen LogP contribution in [0, 0.1) is 11.3 Å². The van der Waals surface area contributed by atoms with Gasteiger partial charge >= 0.3 is 0 Å². The van der Waals surface area contributed by atoms with Gasteiger partial charge in [-0.3, -0.25) is 9.59 Å². The first-order valence-electron chi connectivity index (χ1n) is 8.42. The summed E-state index contributed by atoms with van der Waals surface area (Å²) in [4.78, 5) is 28.6. The SMILES string of the molecule is COCCCN(CC(=O)N1CCNCC1)C(=O)c1ccc(C#N)cc1. The minimum atomic E-state index is -0.205. The molecule has 7 heteroatoms. The van der Waals surface area contributed by atoms with Crippen LogP contribution in [0.15, 0.2) is 24.3 Å². The Morgan fingerprint density at radius 2 is 1.96 bits per heavy atom. The number of hydrogen-bond acceptors (Lipinski definition) is 5. The van der Waals surface area contributed by atoms with Gasteiger partial charge in [0, 0.05) is 52.0 Å². The lowest BCUT2D eigenvalue weighted by Crippen LogP contribution is -2.50. The van der Waals surface area contributed by atoms with Gasteiger partial charge in [-0.2, -0.15) is 5.26 Å². The van der Waals surface area contributed by atoms with E-state index in [9.17, 15) is 9.59 Å². The number of nitriles is 1. The molecule has 0 radical (unpaired) electrons. The lowest BCUT2D eigenvalue weighted by atomic mass is 10.1. The fourth-order valence-electron chi connectivity index (χ4n) is 2.70. The third kappa shape index (κ3) is 5.55. The van der Waals surface area contributed by atoms with Crippen molar-refractivity contribution in [2.75, 3.05) is 53.0 Å². The van der Waals surface area contributed by atoms with E-state index >= 15 is 0 Å². The summed E-state index contributed by atoms with van der Waals surface area (Å²) >= 11 is 0. The molecule has 0 unspecified atom stereocenters. The molecule has 1 N–H and O–H groups in total. The first-order valence-corrected chi connectivity index (χ1v) is 8.42. The molecule has 134 valence electrons. The fraction of sp³-hybridized carbons (Fsp3) is 0.500. The zero-order chi connectivity index (χ0) is 18.1. The summed E-state index contributed by atoms with van der Waals surface area (Å²) in [5.74, 6) is -0.245. The van der Waals surface area contributed by atoms with Gasteiger partial charge in [-0.05, 0) is 30.7 Å². The Bertz CT molecular complexity index is 618. The van der Waals surface area contributed by atoms with Gasteiger partial charge in [-0.1, -0.05) is 0 Å². The molecule has 0 bridgehead atoms. The third-order valence-electron chi connectivity index (χ3n) is 4.12. The maximum atomic E-state index is 12.8. The second-order valence-corrected chi connectivity index (χ2v) is 5.89. The van der Waals surface area contributed by atoms with Crippen LogP contribution in [0.3, 0.4) is 0 Å². The number of rotatable bonds is 7. The smallest absolute Gasteiger partial charge is 0.254 e. The van der Waals surface area contributed by atoms with Gasteiger partial charge in [-0.15, -0.1) is 0 Å². The zero-order valence-corrected chi connectivity index (χ0v) is 14.5. The van der Waals surface area contributed by atoms with Crippen LogP contribution in [0.1, 0.15) is 22.3 Å². The summed E-state index contributed by atoms with van der Waals surface area (Å²) < 4.78 is 5.05. The molecule has 1 aliphatic heterocycles. The quantitative estimate of drug-likeness (QED) is 0.727. The van der Waals surface area contributed by atoms with E-state index in [2.05, 4.69) is 5.32 Å². The second-order valence-electron chi connectivity index (χ2n) is 5.89. The number of carbonyl (C=O) groups excluding carboxylic acids is 2. The van der Waals surface area contributed by atoms with Crippen LogP contribution in [0.5, 0.6) is 0 Å². The molecule has 0 aliphatic carbocycles. The number of carbonyl (C=O) groups is 2. The van der Waals surface area contributed by atoms with Gasteiger partial charge in [-0.25, -0.2) is 0 Å². The molecule has 1 aromatic rings. The average molecular weight is 344 g/mol. The maximum absolute atomic E-state index is 12.8. The van der Waals surface area contributed by atoms with Crippen molar-refractivity contribution < 1.29 is 14.3 Å². The highest BCUT2D eigenvalue weighted by atomic mass is 16.5. The predicted octanol–water partition coefficient (Wildman–Crippen LogP) is 0.469. The van der Waals surface area contributed by atoms with Crippen molar-refractivity contribution in [2.24, 2.45) is 0 Å². The molecule has 0 atom stereocenters. The van der Waals surface area contributed by atoms with E-state index in [-0.39, 0.29) is 18.4 Å². The molecule has 2 rings (SSSR count). The Balaban J connectivity index is 2.06.